The van der Waals surface area contributed by atoms with Crippen molar-refractivity contribution in [2.75, 3.05) is 19.0 Å². The topological polar surface area (TPSA) is 41.5 Å². The zero-order valence-corrected chi connectivity index (χ0v) is 12.3. The molecule has 2 N–H and O–H groups in total. The summed E-state index contributed by atoms with van der Waals surface area (Å²) in [4.78, 5) is 1.09. The maximum Gasteiger partial charge on any atom is 0.120 e. The third-order valence-corrected chi connectivity index (χ3v) is 4.33. The predicted octanol–water partition coefficient (Wildman–Crippen LogP) is 3.66. The molecule has 0 bridgehead atoms. The van der Waals surface area contributed by atoms with E-state index in [-0.39, 0.29) is 12.6 Å². The Kier molecular flexibility index (Phi) is 4.63. The molecule has 0 radical (unpaired) electrons. The Morgan fingerprint density at radius 1 is 1.44 bits per heavy atom. The number of thiophene rings is 1. The van der Waals surface area contributed by atoms with E-state index in [9.17, 15) is 5.11 Å². The molecular weight excluding hydrogens is 314 g/mol. The van der Waals surface area contributed by atoms with E-state index in [1.807, 2.05) is 35.7 Å². The molecule has 0 saturated heterocycles. The van der Waals surface area contributed by atoms with Crippen LogP contribution < -0.4 is 10.1 Å². The van der Waals surface area contributed by atoms with Gasteiger partial charge in [0.25, 0.3) is 0 Å². The lowest BCUT2D eigenvalue weighted by atomic mass is 10.2. The van der Waals surface area contributed by atoms with E-state index in [1.54, 1.807) is 18.4 Å². The number of anilines is 1. The van der Waals surface area contributed by atoms with Gasteiger partial charge in [-0.1, -0.05) is 6.07 Å². The summed E-state index contributed by atoms with van der Waals surface area (Å²) in [6, 6.07) is 9.58. The van der Waals surface area contributed by atoms with E-state index in [2.05, 4.69) is 21.2 Å². The van der Waals surface area contributed by atoms with Crippen molar-refractivity contribution in [3.8, 4) is 5.75 Å². The van der Waals surface area contributed by atoms with Crippen LogP contribution in [0.25, 0.3) is 0 Å². The van der Waals surface area contributed by atoms with Gasteiger partial charge in [0.2, 0.25) is 0 Å². The number of methoxy groups -OCH3 is 1. The Bertz CT molecular complexity index is 515. The first kappa shape index (κ1) is 13.4. The van der Waals surface area contributed by atoms with Crippen molar-refractivity contribution >= 4 is 33.0 Å². The van der Waals surface area contributed by atoms with E-state index < -0.39 is 0 Å². The van der Waals surface area contributed by atoms with Gasteiger partial charge in [0, 0.05) is 26.5 Å². The lowest BCUT2D eigenvalue weighted by molar-refractivity contribution is 0.277. The lowest BCUT2D eigenvalue weighted by Crippen LogP contribution is -2.13. The summed E-state index contributed by atoms with van der Waals surface area (Å²) in [6.45, 7) is 0.0458. The van der Waals surface area contributed by atoms with Crippen LogP contribution >= 0.6 is 27.3 Å². The maximum absolute atomic E-state index is 9.47. The van der Waals surface area contributed by atoms with Gasteiger partial charge in [-0.3, -0.25) is 0 Å². The van der Waals surface area contributed by atoms with Crippen LogP contribution in [0.4, 0.5) is 5.69 Å². The second-order valence-electron chi connectivity index (χ2n) is 3.78. The molecule has 3 nitrogen and oxygen atoms in total. The lowest BCUT2D eigenvalue weighted by Gasteiger charge is -2.16. The average molecular weight is 328 g/mol. The fourth-order valence-electron chi connectivity index (χ4n) is 1.63. The van der Waals surface area contributed by atoms with Gasteiger partial charge in [-0.25, -0.2) is 0 Å². The van der Waals surface area contributed by atoms with E-state index >= 15 is 0 Å². The van der Waals surface area contributed by atoms with Crippen molar-refractivity contribution in [2.24, 2.45) is 0 Å². The van der Waals surface area contributed by atoms with E-state index in [4.69, 9.17) is 4.74 Å². The van der Waals surface area contributed by atoms with E-state index in [0.717, 1.165) is 20.8 Å². The first-order valence-electron chi connectivity index (χ1n) is 5.48. The summed E-state index contributed by atoms with van der Waals surface area (Å²) in [5, 5.41) is 14.8. The fraction of sp³-hybridized carbons (Fsp3) is 0.231. The second kappa shape index (κ2) is 6.22. The second-order valence-corrected chi connectivity index (χ2v) is 5.64. The summed E-state index contributed by atoms with van der Waals surface area (Å²) < 4.78 is 6.21. The first-order chi connectivity index (χ1) is 8.72. The van der Waals surface area contributed by atoms with Gasteiger partial charge in [-0.2, -0.15) is 0 Å². The van der Waals surface area contributed by atoms with Gasteiger partial charge in [-0.15, -0.1) is 11.3 Å². The van der Waals surface area contributed by atoms with Gasteiger partial charge in [0.05, 0.1) is 19.8 Å². The highest BCUT2D eigenvalue weighted by Gasteiger charge is 2.12. The number of benzene rings is 1. The number of aliphatic hydroxyl groups excluding tert-OH is 1. The zero-order valence-electron chi connectivity index (χ0n) is 9.89. The fourth-order valence-corrected chi connectivity index (χ4v) is 3.12. The zero-order chi connectivity index (χ0) is 13.0. The molecule has 0 aliphatic carbocycles. The van der Waals surface area contributed by atoms with Crippen molar-refractivity contribution in [1.82, 2.24) is 0 Å². The monoisotopic (exact) mass is 327 g/mol. The quantitative estimate of drug-likeness (QED) is 0.880. The molecule has 1 aromatic heterocycles. The average Bonchev–Trinajstić information content (AvgIpc) is 2.82. The molecule has 1 heterocycles. The summed E-state index contributed by atoms with van der Waals surface area (Å²) in [5.74, 6) is 0.795. The Balaban J connectivity index is 2.14. The van der Waals surface area contributed by atoms with Crippen LogP contribution in [0.3, 0.4) is 0 Å². The van der Waals surface area contributed by atoms with Crippen molar-refractivity contribution in [3.63, 3.8) is 0 Å². The Morgan fingerprint density at radius 3 is 2.89 bits per heavy atom. The highest BCUT2D eigenvalue weighted by atomic mass is 79.9. The summed E-state index contributed by atoms with van der Waals surface area (Å²) in [6.07, 6.45) is 0. The number of hydrogen-bond acceptors (Lipinski definition) is 4. The third-order valence-electron chi connectivity index (χ3n) is 2.52. The van der Waals surface area contributed by atoms with Gasteiger partial charge in [0.15, 0.2) is 0 Å². The molecule has 0 amide bonds. The number of rotatable bonds is 5. The van der Waals surface area contributed by atoms with Gasteiger partial charge < -0.3 is 15.2 Å². The van der Waals surface area contributed by atoms with Crippen LogP contribution in [0.1, 0.15) is 10.9 Å². The standard InChI is InChI=1S/C13H14BrNO2S/c1-17-11-4-2-3-10(6-11)15-12(7-16)13-5-9(14)8-18-13/h2-6,8,12,15-16H,7H2,1H3. The Morgan fingerprint density at radius 2 is 2.28 bits per heavy atom. The van der Waals surface area contributed by atoms with Gasteiger partial charge >= 0.3 is 0 Å². The minimum Gasteiger partial charge on any atom is -0.497 e. The van der Waals surface area contributed by atoms with Crippen molar-refractivity contribution in [3.05, 3.63) is 45.1 Å². The Labute approximate surface area is 119 Å². The molecular formula is C13H14BrNO2S. The molecule has 2 rings (SSSR count). The molecule has 18 heavy (non-hydrogen) atoms. The summed E-state index contributed by atoms with van der Waals surface area (Å²) >= 11 is 5.03. The van der Waals surface area contributed by atoms with Gasteiger partial charge in [0.1, 0.15) is 5.75 Å². The summed E-state index contributed by atoms with van der Waals surface area (Å²) in [7, 11) is 1.64. The van der Waals surface area contributed by atoms with E-state index in [0.29, 0.717) is 0 Å². The van der Waals surface area contributed by atoms with Gasteiger partial charge in [-0.05, 0) is 34.1 Å². The molecule has 1 unspecified atom stereocenters. The predicted molar refractivity (Wildman–Crippen MR) is 78.5 cm³/mol. The van der Waals surface area contributed by atoms with E-state index in [1.165, 1.54) is 0 Å². The number of nitrogens with one attached hydrogen (secondary N) is 1. The molecule has 0 fully saturated rings. The van der Waals surface area contributed by atoms with Crippen molar-refractivity contribution in [1.29, 1.82) is 0 Å². The highest BCUT2D eigenvalue weighted by Crippen LogP contribution is 2.28. The molecule has 0 spiro atoms. The van der Waals surface area contributed by atoms with Crippen LogP contribution in [-0.2, 0) is 0 Å². The maximum atomic E-state index is 9.47. The minimum absolute atomic E-state index is 0.0458. The van der Waals surface area contributed by atoms with Crippen LogP contribution in [0.5, 0.6) is 5.75 Å². The summed E-state index contributed by atoms with van der Waals surface area (Å²) in [5.41, 5.74) is 0.929. The largest absolute Gasteiger partial charge is 0.497 e. The van der Waals surface area contributed by atoms with Crippen LogP contribution in [0, 0.1) is 0 Å². The molecule has 0 aliphatic rings. The van der Waals surface area contributed by atoms with Crippen molar-refractivity contribution in [2.45, 2.75) is 6.04 Å². The number of aliphatic hydroxyl groups is 1. The van der Waals surface area contributed by atoms with Crippen LogP contribution in [0.2, 0.25) is 0 Å². The molecule has 0 aliphatic heterocycles. The smallest absolute Gasteiger partial charge is 0.120 e. The number of halogens is 1. The SMILES string of the molecule is COc1cccc(NC(CO)c2cc(Br)cs2)c1. The Hall–Kier alpha value is -1.04. The number of ether oxygens (including phenoxy) is 1. The molecule has 1 aromatic carbocycles. The third kappa shape index (κ3) is 3.25. The highest BCUT2D eigenvalue weighted by molar-refractivity contribution is 9.10. The molecule has 5 heteroatoms. The molecule has 1 atom stereocenters. The van der Waals surface area contributed by atoms with Crippen LogP contribution in [0.15, 0.2) is 40.2 Å². The normalized spacial score (nSPS) is 12.2. The van der Waals surface area contributed by atoms with Crippen LogP contribution in [-0.4, -0.2) is 18.8 Å². The van der Waals surface area contributed by atoms with Crippen molar-refractivity contribution < 1.29 is 9.84 Å². The molecule has 96 valence electrons. The molecule has 2 aromatic rings. The molecule has 0 saturated carbocycles. The number of hydrogen-bond donors (Lipinski definition) is 2. The minimum atomic E-state index is -0.103. The first-order valence-corrected chi connectivity index (χ1v) is 7.15.